The predicted octanol–water partition coefficient (Wildman–Crippen LogP) is 4.82. The molecule has 2 atom stereocenters. The van der Waals surface area contributed by atoms with Gasteiger partial charge in [-0.1, -0.05) is 43.6 Å². The number of thiazole rings is 1. The second kappa shape index (κ2) is 12.0. The number of anilines is 1. The van der Waals surface area contributed by atoms with Crippen molar-refractivity contribution in [1.82, 2.24) is 4.98 Å². The zero-order valence-corrected chi connectivity index (χ0v) is 19.3. The van der Waals surface area contributed by atoms with Gasteiger partial charge in [0.1, 0.15) is 5.00 Å². The Labute approximate surface area is 191 Å². The number of aromatic nitrogens is 1. The minimum absolute atomic E-state index is 0.232. The van der Waals surface area contributed by atoms with Gasteiger partial charge in [-0.05, 0) is 48.6 Å². The van der Waals surface area contributed by atoms with Gasteiger partial charge in [-0.3, -0.25) is 4.98 Å². The number of aliphatic carboxylic acids is 2. The molecule has 2 unspecified atom stereocenters. The maximum Gasteiger partial charge on any atom is 0.414 e. The van der Waals surface area contributed by atoms with E-state index in [1.54, 1.807) is 11.3 Å². The minimum Gasteiger partial charge on any atom is -0.473 e. The Kier molecular flexibility index (Phi) is 9.74. The molecule has 31 heavy (non-hydrogen) atoms. The molecule has 1 aliphatic heterocycles. The van der Waals surface area contributed by atoms with Gasteiger partial charge in [0.2, 0.25) is 0 Å². The molecular weight excluding hydrogens is 440 g/mol. The third-order valence-corrected chi connectivity index (χ3v) is 6.53. The van der Waals surface area contributed by atoms with Crippen LogP contribution in [0, 0.1) is 11.3 Å². The van der Waals surface area contributed by atoms with Gasteiger partial charge in [-0.15, -0.1) is 11.3 Å². The Balaban J connectivity index is 0.000000501. The molecule has 1 aromatic carbocycles. The summed E-state index contributed by atoms with van der Waals surface area (Å²) >= 11 is 8.12. The highest BCUT2D eigenvalue weighted by atomic mass is 35.5. The summed E-state index contributed by atoms with van der Waals surface area (Å²) in [5, 5.41) is 20.3. The molecule has 3 N–H and O–H groups in total. The van der Waals surface area contributed by atoms with Crippen LogP contribution in [0.15, 0.2) is 36.0 Å². The summed E-state index contributed by atoms with van der Waals surface area (Å²) in [7, 11) is 0. The van der Waals surface area contributed by atoms with Gasteiger partial charge in [-0.2, -0.15) is 0 Å². The molecule has 0 spiro atoms. The molecule has 7 nitrogen and oxygen atoms in total. The van der Waals surface area contributed by atoms with Crippen LogP contribution in [0.3, 0.4) is 0 Å². The Morgan fingerprint density at radius 2 is 2.03 bits per heavy atom. The molecule has 170 valence electrons. The van der Waals surface area contributed by atoms with E-state index in [0.29, 0.717) is 12.0 Å². The lowest BCUT2D eigenvalue weighted by Gasteiger charge is -2.43. The highest BCUT2D eigenvalue weighted by molar-refractivity contribution is 7.13. The van der Waals surface area contributed by atoms with E-state index in [-0.39, 0.29) is 5.41 Å². The summed E-state index contributed by atoms with van der Waals surface area (Å²) in [4.78, 5) is 22.3. The Hall–Kier alpha value is -2.16. The summed E-state index contributed by atoms with van der Waals surface area (Å²) in [6.45, 7) is 6.31. The lowest BCUT2D eigenvalue weighted by Crippen LogP contribution is -2.40. The quantitative estimate of drug-likeness (QED) is 0.500. The van der Waals surface area contributed by atoms with Crippen LogP contribution in [-0.4, -0.2) is 46.4 Å². The maximum atomic E-state index is 9.10. The summed E-state index contributed by atoms with van der Waals surface area (Å²) in [5.41, 5.74) is 3.35. The number of rotatable bonds is 7. The molecule has 0 saturated carbocycles. The molecule has 1 fully saturated rings. The van der Waals surface area contributed by atoms with Crippen LogP contribution in [0.25, 0.3) is 0 Å². The topological polar surface area (TPSA) is 109 Å². The molecule has 1 aromatic heterocycles. The van der Waals surface area contributed by atoms with E-state index in [4.69, 9.17) is 36.1 Å². The average Bonchev–Trinajstić information content (AvgIpc) is 3.24. The fraction of sp³-hybridized carbons (Fsp3) is 0.500. The van der Waals surface area contributed by atoms with Gasteiger partial charge >= 0.3 is 11.9 Å². The monoisotopic (exact) mass is 468 g/mol. The number of nitrogens with one attached hydrogen (secondary N) is 1. The third-order valence-electron chi connectivity index (χ3n) is 5.44. The molecule has 2 aromatic rings. The van der Waals surface area contributed by atoms with Crippen LogP contribution in [0.1, 0.15) is 38.7 Å². The maximum absolute atomic E-state index is 9.10. The van der Waals surface area contributed by atoms with E-state index < -0.39 is 11.9 Å². The highest BCUT2D eigenvalue weighted by Gasteiger charge is 2.38. The van der Waals surface area contributed by atoms with Crippen molar-refractivity contribution in [3.05, 3.63) is 46.6 Å². The predicted molar refractivity (Wildman–Crippen MR) is 122 cm³/mol. The number of halogens is 1. The SMILES string of the molecule is CC(C)C1CC(CCNc2cncs2)(Cc2ccccc2Cl)CCO1.O=C(O)C(=O)O. The fourth-order valence-corrected chi connectivity index (χ4v) is 4.46. The minimum atomic E-state index is -1.82. The second-order valence-corrected chi connectivity index (χ2v) is 9.32. The largest absolute Gasteiger partial charge is 0.473 e. The van der Waals surface area contributed by atoms with Gasteiger partial charge in [0.05, 0.1) is 17.8 Å². The first-order valence-corrected chi connectivity index (χ1v) is 11.4. The number of nitrogens with zero attached hydrogens (tertiary/aromatic N) is 1. The van der Waals surface area contributed by atoms with E-state index in [1.165, 1.54) is 5.56 Å². The normalized spacial score (nSPS) is 20.6. The number of benzene rings is 1. The van der Waals surface area contributed by atoms with Gasteiger partial charge in [0.15, 0.2) is 0 Å². The van der Waals surface area contributed by atoms with E-state index in [2.05, 4.69) is 36.3 Å². The highest BCUT2D eigenvalue weighted by Crippen LogP contribution is 2.42. The van der Waals surface area contributed by atoms with Crippen molar-refractivity contribution in [2.75, 3.05) is 18.5 Å². The number of ether oxygens (including phenoxy) is 1. The summed E-state index contributed by atoms with van der Waals surface area (Å²) < 4.78 is 6.05. The number of carbonyl (C=O) groups is 2. The molecule has 2 heterocycles. The van der Waals surface area contributed by atoms with Crippen LogP contribution in [0.4, 0.5) is 5.00 Å². The number of hydrogen-bond donors (Lipinski definition) is 3. The molecular formula is C22H29ClN2O5S. The van der Waals surface area contributed by atoms with Crippen molar-refractivity contribution in [3.8, 4) is 0 Å². The molecule has 0 bridgehead atoms. The lowest BCUT2D eigenvalue weighted by molar-refractivity contribution is -0.159. The molecule has 1 aliphatic rings. The number of carboxylic acid groups (broad SMARTS) is 2. The zero-order chi connectivity index (χ0) is 22.9. The smallest absolute Gasteiger partial charge is 0.414 e. The lowest BCUT2D eigenvalue weighted by atomic mass is 9.69. The summed E-state index contributed by atoms with van der Waals surface area (Å²) in [6, 6.07) is 8.26. The summed E-state index contributed by atoms with van der Waals surface area (Å²) in [5.74, 6) is -3.11. The van der Waals surface area contributed by atoms with Crippen LogP contribution in [0.5, 0.6) is 0 Å². The van der Waals surface area contributed by atoms with Crippen LogP contribution in [0.2, 0.25) is 5.02 Å². The standard InChI is InChI=1S/C20H27ClN2OS.C2H2O4/c1-15(2)18-12-20(8-10-24-18,7-9-23-19-13-22-14-25-19)11-16-5-3-4-6-17(16)21;3-1(4)2(5)6/h3-6,13-15,18,23H,7-12H2,1-2H3;(H,3,4)(H,5,6). The molecule has 0 amide bonds. The Morgan fingerprint density at radius 1 is 1.32 bits per heavy atom. The zero-order valence-electron chi connectivity index (χ0n) is 17.7. The van der Waals surface area contributed by atoms with E-state index in [0.717, 1.165) is 48.9 Å². The van der Waals surface area contributed by atoms with Crippen molar-refractivity contribution in [1.29, 1.82) is 0 Å². The van der Waals surface area contributed by atoms with Gasteiger partial charge in [0, 0.05) is 18.2 Å². The van der Waals surface area contributed by atoms with E-state index in [1.807, 2.05) is 23.8 Å². The molecule has 3 rings (SSSR count). The first-order valence-electron chi connectivity index (χ1n) is 10.2. The first kappa shape index (κ1) is 25.1. The molecule has 9 heteroatoms. The van der Waals surface area contributed by atoms with Crippen LogP contribution in [-0.2, 0) is 20.7 Å². The third kappa shape index (κ3) is 8.12. The van der Waals surface area contributed by atoms with Gasteiger partial charge in [0.25, 0.3) is 0 Å². The molecule has 0 aliphatic carbocycles. The van der Waals surface area contributed by atoms with Crippen molar-refractivity contribution in [2.45, 2.75) is 45.6 Å². The van der Waals surface area contributed by atoms with Crippen LogP contribution >= 0.6 is 22.9 Å². The average molecular weight is 469 g/mol. The van der Waals surface area contributed by atoms with Gasteiger partial charge < -0.3 is 20.3 Å². The fourth-order valence-electron chi connectivity index (χ4n) is 3.72. The first-order chi connectivity index (χ1) is 14.7. The Morgan fingerprint density at radius 3 is 2.61 bits per heavy atom. The molecule has 1 saturated heterocycles. The van der Waals surface area contributed by atoms with E-state index in [9.17, 15) is 0 Å². The van der Waals surface area contributed by atoms with Gasteiger partial charge in [-0.25, -0.2) is 9.59 Å². The van der Waals surface area contributed by atoms with Crippen molar-refractivity contribution in [3.63, 3.8) is 0 Å². The number of hydrogen-bond acceptors (Lipinski definition) is 6. The van der Waals surface area contributed by atoms with Crippen LogP contribution < -0.4 is 5.32 Å². The molecule has 0 radical (unpaired) electrons. The van der Waals surface area contributed by atoms with Crippen molar-refractivity contribution < 1.29 is 24.5 Å². The van der Waals surface area contributed by atoms with Crippen molar-refractivity contribution in [2.24, 2.45) is 11.3 Å². The van der Waals surface area contributed by atoms with Crippen molar-refractivity contribution >= 4 is 39.9 Å². The number of carboxylic acids is 2. The Bertz CT molecular complexity index is 834. The van der Waals surface area contributed by atoms with E-state index >= 15 is 0 Å². The second-order valence-electron chi connectivity index (χ2n) is 8.03. The summed E-state index contributed by atoms with van der Waals surface area (Å²) in [6.07, 6.45) is 6.55.